The molecule has 1 aromatic carbocycles. The Hall–Kier alpha value is -2.64. The average Bonchev–Trinajstić information content (AvgIpc) is 2.38. The van der Waals surface area contributed by atoms with Gasteiger partial charge in [0.15, 0.2) is 0 Å². The molecule has 0 fully saturated rings. The molecule has 0 unspecified atom stereocenters. The van der Waals surface area contributed by atoms with Gasteiger partial charge in [0, 0.05) is 12.5 Å². The Morgan fingerprint density at radius 2 is 2.00 bits per heavy atom. The summed E-state index contributed by atoms with van der Waals surface area (Å²) in [6, 6.07) is 2.60. The Morgan fingerprint density at radius 3 is 2.60 bits per heavy atom. The van der Waals surface area contributed by atoms with Gasteiger partial charge in [-0.1, -0.05) is 0 Å². The monoisotopic (exact) mass is 284 g/mol. The van der Waals surface area contributed by atoms with E-state index in [1.807, 2.05) is 5.32 Å². The molecule has 0 heterocycles. The van der Waals surface area contributed by atoms with E-state index < -0.39 is 23.7 Å². The summed E-state index contributed by atoms with van der Waals surface area (Å²) in [6.07, 6.45) is -0.692. The summed E-state index contributed by atoms with van der Waals surface area (Å²) in [4.78, 5) is 33.0. The summed E-state index contributed by atoms with van der Waals surface area (Å²) < 4.78 is 17.8. The van der Waals surface area contributed by atoms with Crippen molar-refractivity contribution in [3.05, 3.63) is 24.0 Å². The molecule has 3 N–H and O–H groups in total. The minimum absolute atomic E-state index is 0.0955. The fraction of sp³-hybridized carbons (Fsp3) is 0.250. The van der Waals surface area contributed by atoms with Crippen molar-refractivity contribution in [2.24, 2.45) is 0 Å². The largest absolute Gasteiger partial charge is 0.494 e. The molecule has 0 saturated carbocycles. The number of ether oxygens (including phenoxy) is 1. The number of benzene rings is 1. The van der Waals surface area contributed by atoms with Crippen LogP contribution in [0, 0.1) is 5.82 Å². The summed E-state index contributed by atoms with van der Waals surface area (Å²) in [5, 5.41) is 12.6. The summed E-state index contributed by atoms with van der Waals surface area (Å²) in [7, 11) is 1.30. The van der Waals surface area contributed by atoms with Crippen molar-refractivity contribution in [3.63, 3.8) is 0 Å². The second-order valence-corrected chi connectivity index (χ2v) is 3.74. The minimum Gasteiger partial charge on any atom is -0.494 e. The third-order valence-electron chi connectivity index (χ3n) is 2.23. The van der Waals surface area contributed by atoms with Crippen molar-refractivity contribution in [1.29, 1.82) is 0 Å². The minimum atomic E-state index is -1.14. The molecule has 0 atom stereocenters. The number of imide groups is 1. The first-order valence-corrected chi connectivity index (χ1v) is 5.58. The number of rotatable bonds is 5. The van der Waals surface area contributed by atoms with Crippen molar-refractivity contribution in [2.45, 2.75) is 12.8 Å². The highest BCUT2D eigenvalue weighted by atomic mass is 19.1. The van der Waals surface area contributed by atoms with E-state index in [0.29, 0.717) is 0 Å². The van der Waals surface area contributed by atoms with Crippen LogP contribution in [-0.2, 0) is 9.59 Å². The van der Waals surface area contributed by atoms with Crippen LogP contribution in [-0.4, -0.2) is 30.1 Å². The van der Waals surface area contributed by atoms with E-state index >= 15 is 0 Å². The predicted octanol–water partition coefficient (Wildman–Crippen LogP) is 1.35. The summed E-state index contributed by atoms with van der Waals surface area (Å²) in [6.45, 7) is 0. The summed E-state index contributed by atoms with van der Waals surface area (Å²) >= 11 is 0. The maximum Gasteiger partial charge on any atom is 0.325 e. The molecule has 0 bridgehead atoms. The van der Waals surface area contributed by atoms with Crippen molar-refractivity contribution in [1.82, 2.24) is 5.32 Å². The highest BCUT2D eigenvalue weighted by Crippen LogP contribution is 2.24. The Bertz CT molecular complexity index is 533. The van der Waals surface area contributed by atoms with Gasteiger partial charge in [0.1, 0.15) is 11.6 Å². The lowest BCUT2D eigenvalue weighted by atomic mass is 10.3. The van der Waals surface area contributed by atoms with Gasteiger partial charge in [-0.15, -0.1) is 0 Å². The topological polar surface area (TPSA) is 105 Å². The van der Waals surface area contributed by atoms with E-state index in [2.05, 4.69) is 5.32 Å². The first-order valence-electron chi connectivity index (χ1n) is 5.58. The average molecular weight is 284 g/mol. The number of urea groups is 1. The smallest absolute Gasteiger partial charge is 0.325 e. The predicted molar refractivity (Wildman–Crippen MR) is 67.0 cm³/mol. The first kappa shape index (κ1) is 15.4. The SMILES string of the molecule is COc1cc(F)ccc1NC(=O)NC(=O)CCC(=O)O. The van der Waals surface area contributed by atoms with E-state index in [4.69, 9.17) is 9.84 Å². The normalized spacial score (nSPS) is 9.70. The fourth-order valence-corrected chi connectivity index (χ4v) is 1.33. The second kappa shape index (κ2) is 7.07. The van der Waals surface area contributed by atoms with Crippen LogP contribution in [0.25, 0.3) is 0 Å². The van der Waals surface area contributed by atoms with Gasteiger partial charge in [-0.3, -0.25) is 14.9 Å². The van der Waals surface area contributed by atoms with Gasteiger partial charge < -0.3 is 15.2 Å². The standard InChI is InChI=1S/C12H13FN2O5/c1-20-9-6-7(13)2-3-8(9)14-12(19)15-10(16)4-5-11(17)18/h2-3,6H,4-5H2,1H3,(H,17,18)(H2,14,15,16,19). The lowest BCUT2D eigenvalue weighted by Gasteiger charge is -2.10. The molecule has 0 aliphatic heterocycles. The fourth-order valence-electron chi connectivity index (χ4n) is 1.33. The molecule has 0 radical (unpaired) electrons. The Kier molecular flexibility index (Phi) is 5.45. The molecule has 108 valence electrons. The molecule has 1 rings (SSSR count). The number of halogens is 1. The Labute approximate surface area is 113 Å². The molecule has 3 amide bonds. The van der Waals surface area contributed by atoms with Crippen LogP contribution < -0.4 is 15.4 Å². The number of carboxylic acids is 1. The molecular formula is C12H13FN2O5. The lowest BCUT2D eigenvalue weighted by Crippen LogP contribution is -2.34. The Balaban J connectivity index is 2.58. The summed E-state index contributed by atoms with van der Waals surface area (Å²) in [5.74, 6) is -2.31. The van der Waals surface area contributed by atoms with E-state index in [9.17, 15) is 18.8 Å². The zero-order valence-electron chi connectivity index (χ0n) is 10.6. The molecule has 0 aliphatic carbocycles. The third-order valence-corrected chi connectivity index (χ3v) is 2.23. The van der Waals surface area contributed by atoms with Gasteiger partial charge in [0.25, 0.3) is 0 Å². The quantitative estimate of drug-likeness (QED) is 0.757. The van der Waals surface area contributed by atoms with Crippen LogP contribution >= 0.6 is 0 Å². The maximum absolute atomic E-state index is 12.9. The molecule has 7 nitrogen and oxygen atoms in total. The van der Waals surface area contributed by atoms with Crippen LogP contribution in [0.15, 0.2) is 18.2 Å². The van der Waals surface area contributed by atoms with Gasteiger partial charge >= 0.3 is 12.0 Å². The lowest BCUT2D eigenvalue weighted by molar-refractivity contribution is -0.138. The molecule has 0 spiro atoms. The van der Waals surface area contributed by atoms with E-state index in [-0.39, 0.29) is 24.3 Å². The Morgan fingerprint density at radius 1 is 1.30 bits per heavy atom. The number of anilines is 1. The van der Waals surface area contributed by atoms with Gasteiger partial charge in [-0.2, -0.15) is 0 Å². The molecule has 0 saturated heterocycles. The van der Waals surface area contributed by atoms with E-state index in [1.165, 1.54) is 13.2 Å². The van der Waals surface area contributed by atoms with Gasteiger partial charge in [0.05, 0.1) is 19.2 Å². The molecular weight excluding hydrogens is 271 g/mol. The number of carboxylic acid groups (broad SMARTS) is 1. The molecule has 8 heteroatoms. The van der Waals surface area contributed by atoms with Gasteiger partial charge in [-0.05, 0) is 12.1 Å². The highest BCUT2D eigenvalue weighted by Gasteiger charge is 2.12. The number of nitrogens with one attached hydrogen (secondary N) is 2. The number of carbonyl (C=O) groups excluding carboxylic acids is 2. The number of hydrogen-bond acceptors (Lipinski definition) is 4. The van der Waals surface area contributed by atoms with Crippen LogP contribution in [0.1, 0.15) is 12.8 Å². The van der Waals surface area contributed by atoms with Crippen molar-refractivity contribution < 1.29 is 28.6 Å². The summed E-state index contributed by atoms with van der Waals surface area (Å²) in [5.41, 5.74) is 0.178. The molecule has 20 heavy (non-hydrogen) atoms. The van der Waals surface area contributed by atoms with Crippen LogP contribution in [0.3, 0.4) is 0 Å². The molecule has 0 aliphatic rings. The second-order valence-electron chi connectivity index (χ2n) is 3.74. The van der Waals surface area contributed by atoms with Crippen LogP contribution in [0.4, 0.5) is 14.9 Å². The van der Waals surface area contributed by atoms with E-state index in [0.717, 1.165) is 12.1 Å². The molecule has 0 aromatic heterocycles. The van der Waals surface area contributed by atoms with Crippen molar-refractivity contribution in [2.75, 3.05) is 12.4 Å². The third kappa shape index (κ3) is 4.92. The van der Waals surface area contributed by atoms with Gasteiger partial charge in [0.2, 0.25) is 5.91 Å². The number of aliphatic carboxylic acids is 1. The first-order chi connectivity index (χ1) is 9.42. The van der Waals surface area contributed by atoms with Crippen molar-refractivity contribution >= 4 is 23.6 Å². The zero-order valence-corrected chi connectivity index (χ0v) is 10.6. The van der Waals surface area contributed by atoms with Crippen LogP contribution in [0.2, 0.25) is 0 Å². The number of carbonyl (C=O) groups is 3. The zero-order chi connectivity index (χ0) is 15.1. The number of amides is 3. The number of hydrogen-bond donors (Lipinski definition) is 3. The van der Waals surface area contributed by atoms with E-state index in [1.54, 1.807) is 0 Å². The maximum atomic E-state index is 12.9. The highest BCUT2D eigenvalue weighted by molar-refractivity contribution is 6.02. The van der Waals surface area contributed by atoms with Crippen molar-refractivity contribution in [3.8, 4) is 5.75 Å². The van der Waals surface area contributed by atoms with Crippen LogP contribution in [0.5, 0.6) is 5.75 Å². The molecule has 1 aromatic rings. The van der Waals surface area contributed by atoms with Gasteiger partial charge in [-0.25, -0.2) is 9.18 Å². The number of methoxy groups -OCH3 is 1.